The molecule has 1 aliphatic heterocycles. The summed E-state index contributed by atoms with van der Waals surface area (Å²) in [5.74, 6) is 0. The lowest BCUT2D eigenvalue weighted by Crippen LogP contribution is -2.20. The van der Waals surface area contributed by atoms with E-state index >= 15 is 0 Å². The Morgan fingerprint density at radius 2 is 2.39 bits per heavy atom. The van der Waals surface area contributed by atoms with E-state index in [1.807, 2.05) is 12.3 Å². The molecule has 2 unspecified atom stereocenters. The third kappa shape index (κ3) is 4.36. The standard InChI is InChI=1S/C15H22BrNO/c1-12-5-4-9-17-15(12)11-13(16)7-8-14-6-2-3-10-18-14/h4-5,9,13-14H,2-3,6-8,10-11H2,1H3. The molecule has 0 aliphatic carbocycles. The highest BCUT2D eigenvalue weighted by atomic mass is 79.9. The van der Waals surface area contributed by atoms with Gasteiger partial charge in [-0.15, -0.1) is 0 Å². The molecule has 0 saturated carbocycles. The van der Waals surface area contributed by atoms with Crippen molar-refractivity contribution in [1.82, 2.24) is 4.98 Å². The molecule has 1 aliphatic rings. The van der Waals surface area contributed by atoms with E-state index in [1.54, 1.807) is 0 Å². The molecular weight excluding hydrogens is 290 g/mol. The Balaban J connectivity index is 1.74. The number of aryl methyl sites for hydroxylation is 1. The lowest BCUT2D eigenvalue weighted by molar-refractivity contribution is 0.0102. The monoisotopic (exact) mass is 311 g/mol. The summed E-state index contributed by atoms with van der Waals surface area (Å²) in [4.78, 5) is 4.96. The minimum atomic E-state index is 0.489. The van der Waals surface area contributed by atoms with E-state index in [9.17, 15) is 0 Å². The Labute approximate surface area is 118 Å². The Bertz CT molecular complexity index is 363. The zero-order chi connectivity index (χ0) is 12.8. The number of aromatic nitrogens is 1. The van der Waals surface area contributed by atoms with Crippen LogP contribution in [-0.2, 0) is 11.2 Å². The molecule has 0 bridgehead atoms. The predicted octanol–water partition coefficient (Wildman–Crippen LogP) is 4.05. The van der Waals surface area contributed by atoms with Crippen molar-refractivity contribution < 1.29 is 4.74 Å². The van der Waals surface area contributed by atoms with Gasteiger partial charge in [0.25, 0.3) is 0 Å². The first-order chi connectivity index (χ1) is 8.75. The number of alkyl halides is 1. The van der Waals surface area contributed by atoms with Crippen molar-refractivity contribution >= 4 is 15.9 Å². The van der Waals surface area contributed by atoms with Gasteiger partial charge in [0.1, 0.15) is 0 Å². The van der Waals surface area contributed by atoms with Gasteiger partial charge in [-0.1, -0.05) is 22.0 Å². The summed E-state index contributed by atoms with van der Waals surface area (Å²) >= 11 is 3.78. The lowest BCUT2D eigenvalue weighted by Gasteiger charge is -2.23. The molecule has 0 amide bonds. The van der Waals surface area contributed by atoms with Crippen LogP contribution in [0, 0.1) is 6.92 Å². The minimum absolute atomic E-state index is 0.489. The smallest absolute Gasteiger partial charge is 0.0575 e. The van der Waals surface area contributed by atoms with Gasteiger partial charge in [0.05, 0.1) is 6.10 Å². The maximum absolute atomic E-state index is 5.77. The SMILES string of the molecule is Cc1cccnc1CC(Br)CCC1CCCCO1. The van der Waals surface area contributed by atoms with E-state index in [1.165, 1.54) is 43.4 Å². The molecular formula is C15H22BrNO. The summed E-state index contributed by atoms with van der Waals surface area (Å²) in [5, 5.41) is 0. The summed E-state index contributed by atoms with van der Waals surface area (Å²) in [7, 11) is 0. The maximum atomic E-state index is 5.77. The van der Waals surface area contributed by atoms with Crippen molar-refractivity contribution in [2.45, 2.75) is 56.4 Å². The highest BCUT2D eigenvalue weighted by Crippen LogP contribution is 2.22. The molecule has 1 fully saturated rings. The first-order valence-corrected chi connectivity index (χ1v) is 7.83. The topological polar surface area (TPSA) is 22.1 Å². The molecule has 1 aromatic rings. The summed E-state index contributed by atoms with van der Waals surface area (Å²) in [5.41, 5.74) is 2.50. The molecule has 1 aromatic heterocycles. The average Bonchev–Trinajstić information content (AvgIpc) is 2.40. The Hall–Kier alpha value is -0.410. The molecule has 3 heteroatoms. The van der Waals surface area contributed by atoms with Crippen LogP contribution in [0.3, 0.4) is 0 Å². The molecule has 2 nitrogen and oxygen atoms in total. The minimum Gasteiger partial charge on any atom is -0.378 e. The fourth-order valence-electron chi connectivity index (χ4n) is 2.45. The second kappa shape index (κ2) is 7.25. The number of rotatable bonds is 5. The van der Waals surface area contributed by atoms with Gasteiger partial charge >= 0.3 is 0 Å². The third-order valence-electron chi connectivity index (χ3n) is 3.61. The van der Waals surface area contributed by atoms with Crippen LogP contribution in [0.1, 0.15) is 43.4 Å². The van der Waals surface area contributed by atoms with Crippen molar-refractivity contribution in [3.05, 3.63) is 29.6 Å². The second-order valence-corrected chi connectivity index (χ2v) is 6.43. The third-order valence-corrected chi connectivity index (χ3v) is 4.39. The van der Waals surface area contributed by atoms with Crippen molar-refractivity contribution in [2.24, 2.45) is 0 Å². The van der Waals surface area contributed by atoms with Crippen LogP contribution in [0.2, 0.25) is 0 Å². The van der Waals surface area contributed by atoms with Crippen LogP contribution in [0.25, 0.3) is 0 Å². The largest absolute Gasteiger partial charge is 0.378 e. The van der Waals surface area contributed by atoms with Crippen LogP contribution in [0.15, 0.2) is 18.3 Å². The van der Waals surface area contributed by atoms with E-state index in [4.69, 9.17) is 4.74 Å². The highest BCUT2D eigenvalue weighted by Gasteiger charge is 2.16. The van der Waals surface area contributed by atoms with Gasteiger partial charge in [-0.3, -0.25) is 4.98 Å². The fourth-order valence-corrected chi connectivity index (χ4v) is 3.02. The zero-order valence-electron chi connectivity index (χ0n) is 11.1. The molecule has 2 heterocycles. The molecule has 100 valence electrons. The zero-order valence-corrected chi connectivity index (χ0v) is 12.7. The van der Waals surface area contributed by atoms with E-state index in [2.05, 4.69) is 33.9 Å². The number of pyridine rings is 1. The molecule has 18 heavy (non-hydrogen) atoms. The van der Waals surface area contributed by atoms with Crippen LogP contribution in [0.4, 0.5) is 0 Å². The van der Waals surface area contributed by atoms with Gasteiger partial charge in [0.2, 0.25) is 0 Å². The molecule has 0 spiro atoms. The first kappa shape index (κ1) is 14.0. The Morgan fingerprint density at radius 1 is 1.50 bits per heavy atom. The van der Waals surface area contributed by atoms with E-state index in [-0.39, 0.29) is 0 Å². The number of hydrogen-bond donors (Lipinski definition) is 0. The Kier molecular flexibility index (Phi) is 5.64. The second-order valence-electron chi connectivity index (χ2n) is 5.13. The van der Waals surface area contributed by atoms with Gasteiger partial charge in [-0.2, -0.15) is 0 Å². The van der Waals surface area contributed by atoms with Crippen molar-refractivity contribution in [3.63, 3.8) is 0 Å². The molecule has 1 saturated heterocycles. The first-order valence-electron chi connectivity index (χ1n) is 6.92. The number of ether oxygens (including phenoxy) is 1. The van der Waals surface area contributed by atoms with Gasteiger partial charge in [-0.05, 0) is 50.7 Å². The van der Waals surface area contributed by atoms with E-state index in [0.717, 1.165) is 13.0 Å². The molecule has 0 aromatic carbocycles. The van der Waals surface area contributed by atoms with Crippen LogP contribution >= 0.6 is 15.9 Å². The quantitative estimate of drug-likeness (QED) is 0.765. The fraction of sp³-hybridized carbons (Fsp3) is 0.667. The van der Waals surface area contributed by atoms with Gasteiger partial charge in [0, 0.05) is 29.7 Å². The number of halogens is 1. The molecule has 2 rings (SSSR count). The van der Waals surface area contributed by atoms with Gasteiger partial charge in [-0.25, -0.2) is 0 Å². The highest BCUT2D eigenvalue weighted by molar-refractivity contribution is 9.09. The van der Waals surface area contributed by atoms with E-state index < -0.39 is 0 Å². The van der Waals surface area contributed by atoms with Gasteiger partial charge in [0.15, 0.2) is 0 Å². The lowest BCUT2D eigenvalue weighted by atomic mass is 10.0. The molecule has 0 radical (unpaired) electrons. The number of nitrogens with zero attached hydrogens (tertiary/aromatic N) is 1. The normalized spacial score (nSPS) is 21.8. The number of hydrogen-bond acceptors (Lipinski definition) is 2. The molecule has 2 atom stereocenters. The van der Waals surface area contributed by atoms with Crippen LogP contribution in [0.5, 0.6) is 0 Å². The van der Waals surface area contributed by atoms with Crippen LogP contribution in [-0.4, -0.2) is 22.5 Å². The summed E-state index contributed by atoms with van der Waals surface area (Å²) in [6.45, 7) is 3.09. The average molecular weight is 312 g/mol. The van der Waals surface area contributed by atoms with Crippen molar-refractivity contribution in [1.29, 1.82) is 0 Å². The molecule has 0 N–H and O–H groups in total. The van der Waals surface area contributed by atoms with Crippen LogP contribution < -0.4 is 0 Å². The predicted molar refractivity (Wildman–Crippen MR) is 78.2 cm³/mol. The van der Waals surface area contributed by atoms with E-state index in [0.29, 0.717) is 10.9 Å². The van der Waals surface area contributed by atoms with Crippen molar-refractivity contribution in [3.8, 4) is 0 Å². The summed E-state index contributed by atoms with van der Waals surface area (Å²) in [6.07, 6.45) is 9.53. The maximum Gasteiger partial charge on any atom is 0.0575 e. The van der Waals surface area contributed by atoms with Crippen molar-refractivity contribution in [2.75, 3.05) is 6.61 Å². The summed E-state index contributed by atoms with van der Waals surface area (Å²) < 4.78 is 5.77. The Morgan fingerprint density at radius 3 is 3.11 bits per heavy atom. The summed E-state index contributed by atoms with van der Waals surface area (Å²) in [6, 6.07) is 4.13. The van der Waals surface area contributed by atoms with Gasteiger partial charge < -0.3 is 4.74 Å².